The van der Waals surface area contributed by atoms with Crippen LogP contribution in [-0.2, 0) is 4.74 Å². The summed E-state index contributed by atoms with van der Waals surface area (Å²) < 4.78 is 24.0. The number of rotatable bonds is 6. The molecule has 0 bridgehead atoms. The maximum absolute atomic E-state index is 13.1. The van der Waals surface area contributed by atoms with E-state index >= 15 is 0 Å². The average molecular weight is 416 g/mol. The molecule has 1 aromatic heterocycles. The van der Waals surface area contributed by atoms with Crippen LogP contribution in [0, 0.1) is 9.39 Å². The Morgan fingerprint density at radius 2 is 2.18 bits per heavy atom. The normalized spacial score (nSPS) is 10.3. The van der Waals surface area contributed by atoms with E-state index < -0.39 is 0 Å². The Bertz CT molecular complexity index is 667. The largest absolute Gasteiger partial charge is 0.474 e. The summed E-state index contributed by atoms with van der Waals surface area (Å²) in [7, 11) is 1.57. The van der Waals surface area contributed by atoms with Crippen molar-refractivity contribution in [2.75, 3.05) is 25.6 Å². The first-order valence-corrected chi connectivity index (χ1v) is 7.53. The first-order chi connectivity index (χ1) is 10.6. The second-order valence-electron chi connectivity index (χ2n) is 4.28. The van der Waals surface area contributed by atoms with Gasteiger partial charge in [0.15, 0.2) is 0 Å². The molecular formula is C15H14FIN2O3. The quantitative estimate of drug-likeness (QED) is 0.581. The number of nitrogens with zero attached hydrogens (tertiary/aromatic N) is 1. The lowest BCUT2D eigenvalue weighted by atomic mass is 10.2. The van der Waals surface area contributed by atoms with E-state index in [2.05, 4.69) is 10.3 Å². The van der Waals surface area contributed by atoms with Crippen LogP contribution in [0.2, 0.25) is 0 Å². The summed E-state index contributed by atoms with van der Waals surface area (Å²) >= 11 is 1.92. The van der Waals surface area contributed by atoms with Crippen molar-refractivity contribution in [3.63, 3.8) is 0 Å². The molecule has 0 aliphatic rings. The summed E-state index contributed by atoms with van der Waals surface area (Å²) in [5, 5.41) is 2.72. The van der Waals surface area contributed by atoms with E-state index in [1.807, 2.05) is 22.6 Å². The van der Waals surface area contributed by atoms with Gasteiger partial charge in [0.2, 0.25) is 5.88 Å². The number of halogens is 2. The van der Waals surface area contributed by atoms with Gasteiger partial charge in [-0.25, -0.2) is 9.37 Å². The van der Waals surface area contributed by atoms with Gasteiger partial charge in [0.25, 0.3) is 5.91 Å². The molecule has 1 heterocycles. The molecule has 0 spiro atoms. The molecule has 1 amide bonds. The zero-order chi connectivity index (χ0) is 15.9. The van der Waals surface area contributed by atoms with Crippen molar-refractivity contribution < 1.29 is 18.7 Å². The van der Waals surface area contributed by atoms with Crippen LogP contribution in [0.4, 0.5) is 10.1 Å². The number of methoxy groups -OCH3 is 1. The number of hydrogen-bond donors (Lipinski definition) is 1. The van der Waals surface area contributed by atoms with Crippen LogP contribution in [0.25, 0.3) is 0 Å². The van der Waals surface area contributed by atoms with Gasteiger partial charge in [-0.1, -0.05) is 0 Å². The van der Waals surface area contributed by atoms with E-state index in [4.69, 9.17) is 9.47 Å². The minimum Gasteiger partial charge on any atom is -0.474 e. The highest BCUT2D eigenvalue weighted by Gasteiger charge is 2.14. The number of pyridine rings is 1. The van der Waals surface area contributed by atoms with Crippen LogP contribution < -0.4 is 10.1 Å². The maximum atomic E-state index is 13.1. The van der Waals surface area contributed by atoms with Gasteiger partial charge in [-0.2, -0.15) is 0 Å². The monoisotopic (exact) mass is 416 g/mol. The SMILES string of the molecule is COCCOc1ncccc1NC(=O)c1ccc(F)cc1I. The van der Waals surface area contributed by atoms with Crippen molar-refractivity contribution >= 4 is 34.2 Å². The van der Waals surface area contributed by atoms with Gasteiger partial charge in [0.05, 0.1) is 12.2 Å². The molecule has 0 radical (unpaired) electrons. The van der Waals surface area contributed by atoms with Crippen molar-refractivity contribution in [2.45, 2.75) is 0 Å². The fourth-order valence-electron chi connectivity index (χ4n) is 1.69. The molecule has 7 heteroatoms. The number of ether oxygens (including phenoxy) is 2. The van der Waals surface area contributed by atoms with E-state index in [9.17, 15) is 9.18 Å². The van der Waals surface area contributed by atoms with Crippen molar-refractivity contribution in [1.29, 1.82) is 0 Å². The number of carbonyl (C=O) groups excluding carboxylic acids is 1. The van der Waals surface area contributed by atoms with Crippen LogP contribution >= 0.6 is 22.6 Å². The minimum absolute atomic E-state index is 0.310. The molecule has 0 fully saturated rings. The minimum atomic E-state index is -0.383. The molecule has 5 nitrogen and oxygen atoms in total. The highest BCUT2D eigenvalue weighted by molar-refractivity contribution is 14.1. The lowest BCUT2D eigenvalue weighted by molar-refractivity contribution is 0.102. The second kappa shape index (κ2) is 8.04. The van der Waals surface area contributed by atoms with Gasteiger partial charge < -0.3 is 14.8 Å². The number of benzene rings is 1. The first-order valence-electron chi connectivity index (χ1n) is 6.45. The number of nitrogens with one attached hydrogen (secondary N) is 1. The van der Waals surface area contributed by atoms with E-state index in [0.29, 0.717) is 33.9 Å². The van der Waals surface area contributed by atoms with Crippen molar-refractivity contribution in [2.24, 2.45) is 0 Å². The Balaban J connectivity index is 2.14. The molecule has 22 heavy (non-hydrogen) atoms. The van der Waals surface area contributed by atoms with E-state index in [1.54, 1.807) is 25.4 Å². The summed E-state index contributed by atoms with van der Waals surface area (Å²) in [6.07, 6.45) is 1.57. The van der Waals surface area contributed by atoms with E-state index in [1.165, 1.54) is 18.2 Å². The van der Waals surface area contributed by atoms with E-state index in [-0.39, 0.29) is 11.7 Å². The molecule has 116 valence electrons. The smallest absolute Gasteiger partial charge is 0.256 e. The van der Waals surface area contributed by atoms with Gasteiger partial charge >= 0.3 is 0 Å². The molecule has 0 aliphatic carbocycles. The highest BCUT2D eigenvalue weighted by Crippen LogP contribution is 2.22. The lowest BCUT2D eigenvalue weighted by Gasteiger charge is -2.11. The van der Waals surface area contributed by atoms with Crippen LogP contribution in [0.3, 0.4) is 0 Å². The summed E-state index contributed by atoms with van der Waals surface area (Å²) in [5.74, 6) is -0.426. The van der Waals surface area contributed by atoms with Crippen LogP contribution in [-0.4, -0.2) is 31.2 Å². The summed E-state index contributed by atoms with van der Waals surface area (Å²) in [6, 6.07) is 7.36. The van der Waals surface area contributed by atoms with Crippen LogP contribution in [0.15, 0.2) is 36.5 Å². The van der Waals surface area contributed by atoms with Crippen LogP contribution in [0.1, 0.15) is 10.4 Å². The number of anilines is 1. The molecular weight excluding hydrogens is 402 g/mol. The van der Waals surface area contributed by atoms with Crippen molar-refractivity contribution in [3.05, 3.63) is 51.5 Å². The summed E-state index contributed by atoms with van der Waals surface area (Å²) in [4.78, 5) is 16.4. The van der Waals surface area contributed by atoms with Crippen molar-refractivity contribution in [1.82, 2.24) is 4.98 Å². The zero-order valence-electron chi connectivity index (χ0n) is 11.8. The molecule has 1 aromatic carbocycles. The lowest BCUT2D eigenvalue weighted by Crippen LogP contribution is -2.15. The molecule has 0 aliphatic heterocycles. The molecule has 2 rings (SSSR count). The third-order valence-electron chi connectivity index (χ3n) is 2.72. The highest BCUT2D eigenvalue weighted by atomic mass is 127. The Morgan fingerprint density at radius 3 is 2.91 bits per heavy atom. The predicted octanol–water partition coefficient (Wildman–Crippen LogP) is 3.10. The summed E-state index contributed by atoms with van der Waals surface area (Å²) in [5.41, 5.74) is 0.831. The number of aromatic nitrogens is 1. The first kappa shape index (κ1) is 16.6. The predicted molar refractivity (Wildman–Crippen MR) is 88.7 cm³/mol. The number of amides is 1. The van der Waals surface area contributed by atoms with Crippen molar-refractivity contribution in [3.8, 4) is 5.88 Å². The Labute approximate surface area is 141 Å². The molecule has 1 N–H and O–H groups in total. The maximum Gasteiger partial charge on any atom is 0.256 e. The Kier molecular flexibility index (Phi) is 6.08. The van der Waals surface area contributed by atoms with Gasteiger partial charge in [-0.05, 0) is 52.9 Å². The number of carbonyl (C=O) groups is 1. The topological polar surface area (TPSA) is 60.5 Å². The van der Waals surface area contributed by atoms with E-state index in [0.717, 1.165) is 0 Å². The summed E-state index contributed by atoms with van der Waals surface area (Å²) in [6.45, 7) is 0.740. The van der Waals surface area contributed by atoms with Gasteiger partial charge in [0.1, 0.15) is 18.1 Å². The fraction of sp³-hybridized carbons (Fsp3) is 0.200. The third kappa shape index (κ3) is 4.38. The number of hydrogen-bond acceptors (Lipinski definition) is 4. The average Bonchev–Trinajstić information content (AvgIpc) is 2.49. The standard InChI is InChI=1S/C15H14FIN2O3/c1-21-7-8-22-15-13(3-2-6-18-15)19-14(20)11-5-4-10(16)9-12(11)17/h2-6,9H,7-8H2,1H3,(H,19,20). The van der Waals surface area contributed by atoms with Gasteiger partial charge in [-0.3, -0.25) is 4.79 Å². The van der Waals surface area contributed by atoms with Crippen LogP contribution in [0.5, 0.6) is 5.88 Å². The molecule has 2 aromatic rings. The molecule has 0 saturated heterocycles. The molecule has 0 unspecified atom stereocenters. The fourth-order valence-corrected chi connectivity index (χ4v) is 2.41. The van der Waals surface area contributed by atoms with Gasteiger partial charge in [-0.15, -0.1) is 0 Å². The Hall–Kier alpha value is -1.74. The Morgan fingerprint density at radius 1 is 1.36 bits per heavy atom. The van der Waals surface area contributed by atoms with Gasteiger partial charge in [0, 0.05) is 16.9 Å². The second-order valence-corrected chi connectivity index (χ2v) is 5.44. The molecule has 0 atom stereocenters. The third-order valence-corrected chi connectivity index (χ3v) is 3.61. The molecule has 0 saturated carbocycles. The zero-order valence-corrected chi connectivity index (χ0v) is 14.0.